The summed E-state index contributed by atoms with van der Waals surface area (Å²) in [6, 6.07) is 12.8. The van der Waals surface area contributed by atoms with Gasteiger partial charge in [0.15, 0.2) is 0 Å². The van der Waals surface area contributed by atoms with Gasteiger partial charge in [0, 0.05) is 38.1 Å². The molecule has 2 aromatic carbocycles. The van der Waals surface area contributed by atoms with Crippen molar-refractivity contribution in [2.24, 2.45) is 7.05 Å². The van der Waals surface area contributed by atoms with E-state index in [1.54, 1.807) is 17.9 Å². The second-order valence-corrected chi connectivity index (χ2v) is 8.53. The number of methoxy groups -OCH3 is 1. The molecule has 7 nitrogen and oxygen atoms in total. The van der Waals surface area contributed by atoms with E-state index in [0.717, 1.165) is 36.6 Å². The second-order valence-electron chi connectivity index (χ2n) is 8.53. The average Bonchev–Trinajstić information content (AvgIpc) is 3.10. The predicted molar refractivity (Wildman–Crippen MR) is 129 cm³/mol. The topological polar surface area (TPSA) is 58.5 Å². The molecule has 0 saturated carbocycles. The Hall–Kier alpha value is -3.29. The molecule has 1 N–H and O–H groups in total. The largest absolute Gasteiger partial charge is 0.497 e. The summed E-state index contributed by atoms with van der Waals surface area (Å²) in [7, 11) is 3.54. The zero-order chi connectivity index (χ0) is 22.2. The number of anilines is 4. The number of benzene rings is 2. The van der Waals surface area contributed by atoms with Crippen LogP contribution in [-0.2, 0) is 7.05 Å². The van der Waals surface area contributed by atoms with Gasteiger partial charge < -0.3 is 19.9 Å². The minimum atomic E-state index is -0.251. The monoisotopic (exact) mass is 440 g/mol. The van der Waals surface area contributed by atoms with Gasteiger partial charge in [-0.15, -0.1) is 5.10 Å². The molecule has 0 atom stereocenters. The van der Waals surface area contributed by atoms with E-state index in [4.69, 9.17) is 9.72 Å². The summed E-state index contributed by atoms with van der Waals surface area (Å²) in [5.74, 6) is 1.92. The van der Waals surface area contributed by atoms with Crippen LogP contribution in [-0.4, -0.2) is 47.0 Å². The molecule has 0 radical (unpaired) electrons. The molecule has 172 valence electrons. The molecule has 0 spiro atoms. The number of aromatic nitrogens is 3. The summed E-state index contributed by atoms with van der Waals surface area (Å²) in [5.41, 5.74) is 2.70. The van der Waals surface area contributed by atoms with Gasteiger partial charge in [-0.05, 0) is 68.8 Å². The van der Waals surface area contributed by atoms with E-state index in [1.165, 1.54) is 17.8 Å². The molecule has 2 heterocycles. The number of nitrogens with zero attached hydrogens (tertiary/aromatic N) is 5. The van der Waals surface area contributed by atoms with Crippen molar-refractivity contribution >= 4 is 23.3 Å². The number of ether oxygens (including phenoxy) is 1. The van der Waals surface area contributed by atoms with Gasteiger partial charge in [-0.1, -0.05) is 7.43 Å². The maximum atomic E-state index is 13.4. The maximum Gasteiger partial charge on any atom is 0.246 e. The summed E-state index contributed by atoms with van der Waals surface area (Å²) in [4.78, 5) is 9.34. The molecule has 1 saturated heterocycles. The van der Waals surface area contributed by atoms with Gasteiger partial charge in [-0.25, -0.2) is 9.07 Å². The summed E-state index contributed by atoms with van der Waals surface area (Å²) in [5, 5.41) is 7.89. The first-order valence-corrected chi connectivity index (χ1v) is 10.4. The quantitative estimate of drug-likeness (QED) is 0.618. The molecular formula is C24H33FN6O. The van der Waals surface area contributed by atoms with Crippen LogP contribution in [0.4, 0.5) is 27.7 Å². The minimum absolute atomic E-state index is 0. The molecule has 4 rings (SSSR count). The third-order valence-corrected chi connectivity index (χ3v) is 5.76. The fraction of sp³-hybridized carbons (Fsp3) is 0.417. The van der Waals surface area contributed by atoms with Crippen molar-refractivity contribution in [1.29, 1.82) is 0 Å². The summed E-state index contributed by atoms with van der Waals surface area (Å²) < 4.78 is 20.4. The van der Waals surface area contributed by atoms with E-state index in [1.807, 2.05) is 26.1 Å². The van der Waals surface area contributed by atoms with Crippen LogP contribution < -0.4 is 19.9 Å². The Morgan fingerprint density at radius 2 is 1.81 bits per heavy atom. The van der Waals surface area contributed by atoms with Crippen LogP contribution in [0.1, 0.15) is 26.8 Å². The molecule has 32 heavy (non-hydrogen) atoms. The smallest absolute Gasteiger partial charge is 0.246 e. The SMILES string of the molecule is C.COc1ccc(N2CCN(c3nc(Nc4ccc(F)cc4C)n(C)n3)CC2(C)C)cc1. The van der Waals surface area contributed by atoms with Gasteiger partial charge in [0.2, 0.25) is 11.9 Å². The predicted octanol–water partition coefficient (Wildman–Crippen LogP) is 4.76. The lowest BCUT2D eigenvalue weighted by atomic mass is 9.98. The van der Waals surface area contributed by atoms with Gasteiger partial charge in [0.05, 0.1) is 12.6 Å². The van der Waals surface area contributed by atoms with Gasteiger partial charge in [0.1, 0.15) is 11.6 Å². The highest BCUT2D eigenvalue weighted by Gasteiger charge is 2.35. The van der Waals surface area contributed by atoms with Crippen LogP contribution in [0.2, 0.25) is 0 Å². The highest BCUT2D eigenvalue weighted by Crippen LogP contribution is 2.31. The van der Waals surface area contributed by atoms with Crippen LogP contribution in [0.15, 0.2) is 42.5 Å². The highest BCUT2D eigenvalue weighted by atomic mass is 19.1. The minimum Gasteiger partial charge on any atom is -0.497 e. The fourth-order valence-electron chi connectivity index (χ4n) is 4.07. The second kappa shape index (κ2) is 9.06. The molecular weight excluding hydrogens is 407 g/mol. The average molecular weight is 441 g/mol. The Morgan fingerprint density at radius 3 is 2.44 bits per heavy atom. The zero-order valence-corrected chi connectivity index (χ0v) is 18.7. The van der Waals surface area contributed by atoms with Gasteiger partial charge >= 0.3 is 0 Å². The first kappa shape index (κ1) is 23.4. The van der Waals surface area contributed by atoms with E-state index in [2.05, 4.69) is 46.2 Å². The number of piperazine rings is 1. The molecule has 1 aliphatic heterocycles. The lowest BCUT2D eigenvalue weighted by Crippen LogP contribution is -2.60. The summed E-state index contributed by atoms with van der Waals surface area (Å²) in [6.07, 6.45) is 0. The number of hydrogen-bond acceptors (Lipinski definition) is 6. The number of aryl methyl sites for hydroxylation is 2. The van der Waals surface area contributed by atoms with Crippen molar-refractivity contribution in [2.45, 2.75) is 33.7 Å². The van der Waals surface area contributed by atoms with Crippen LogP contribution in [0.25, 0.3) is 0 Å². The number of rotatable bonds is 5. The van der Waals surface area contributed by atoms with Crippen LogP contribution in [0.3, 0.4) is 0 Å². The lowest BCUT2D eigenvalue weighted by molar-refractivity contribution is 0.407. The molecule has 1 fully saturated rings. The van der Waals surface area contributed by atoms with Gasteiger partial charge in [-0.3, -0.25) is 0 Å². The van der Waals surface area contributed by atoms with Crippen molar-refractivity contribution in [1.82, 2.24) is 14.8 Å². The van der Waals surface area contributed by atoms with E-state index in [9.17, 15) is 4.39 Å². The Kier molecular flexibility index (Phi) is 6.62. The van der Waals surface area contributed by atoms with Crippen LogP contribution in [0, 0.1) is 12.7 Å². The first-order chi connectivity index (χ1) is 14.8. The normalized spacial score (nSPS) is 15.3. The van der Waals surface area contributed by atoms with Crippen molar-refractivity contribution in [3.63, 3.8) is 0 Å². The number of nitrogens with one attached hydrogen (secondary N) is 1. The zero-order valence-electron chi connectivity index (χ0n) is 18.7. The number of halogens is 1. The van der Waals surface area contributed by atoms with Gasteiger partial charge in [0.25, 0.3) is 0 Å². The summed E-state index contributed by atoms with van der Waals surface area (Å²) in [6.45, 7) is 8.79. The van der Waals surface area contributed by atoms with Crippen molar-refractivity contribution in [3.8, 4) is 5.75 Å². The standard InChI is InChI=1S/C23H29FN6O.CH4/c1-16-14-17(24)6-11-20(16)25-21-26-22(27-28(21)4)29-12-13-30(23(2,3)15-29)18-7-9-19(31-5)10-8-18;/h6-11,14H,12-13,15H2,1-5H3,(H,25,26,27);1H4. The molecule has 1 aliphatic rings. The molecule has 3 aromatic rings. The molecule has 0 aliphatic carbocycles. The Balaban J connectivity index is 0.00000289. The Bertz CT molecular complexity index is 1060. The van der Waals surface area contributed by atoms with E-state index < -0.39 is 0 Å². The molecule has 0 bridgehead atoms. The van der Waals surface area contributed by atoms with Crippen molar-refractivity contribution in [3.05, 3.63) is 53.8 Å². The molecule has 8 heteroatoms. The van der Waals surface area contributed by atoms with Gasteiger partial charge in [-0.2, -0.15) is 4.98 Å². The van der Waals surface area contributed by atoms with E-state index >= 15 is 0 Å². The number of hydrogen-bond donors (Lipinski definition) is 1. The first-order valence-electron chi connectivity index (χ1n) is 10.4. The Morgan fingerprint density at radius 1 is 1.09 bits per heavy atom. The van der Waals surface area contributed by atoms with Crippen LogP contribution in [0.5, 0.6) is 5.75 Å². The molecule has 1 aromatic heterocycles. The Labute approximate surface area is 189 Å². The lowest BCUT2D eigenvalue weighted by Gasteiger charge is -2.48. The van der Waals surface area contributed by atoms with Crippen molar-refractivity contribution in [2.75, 3.05) is 41.9 Å². The third-order valence-electron chi connectivity index (χ3n) is 5.76. The van der Waals surface area contributed by atoms with Crippen LogP contribution >= 0.6 is 0 Å². The van der Waals surface area contributed by atoms with E-state index in [0.29, 0.717) is 11.9 Å². The van der Waals surface area contributed by atoms with Crippen molar-refractivity contribution < 1.29 is 9.13 Å². The van der Waals surface area contributed by atoms with E-state index in [-0.39, 0.29) is 18.8 Å². The third kappa shape index (κ3) is 4.64. The molecule has 0 amide bonds. The maximum absolute atomic E-state index is 13.4. The summed E-state index contributed by atoms with van der Waals surface area (Å²) >= 11 is 0. The fourth-order valence-corrected chi connectivity index (χ4v) is 4.07. The molecule has 0 unspecified atom stereocenters. The highest BCUT2D eigenvalue weighted by molar-refractivity contribution is 5.59.